The maximum Gasteiger partial charge on any atom is 0.408 e. The van der Waals surface area contributed by atoms with Crippen molar-refractivity contribution in [2.45, 2.75) is 84.5 Å². The van der Waals surface area contributed by atoms with Crippen LogP contribution in [0.15, 0.2) is 0 Å². The number of nitrogens with one attached hydrogen (secondary N) is 1. The highest BCUT2D eigenvalue weighted by Gasteiger charge is 2.38. The first-order valence-electron chi connectivity index (χ1n) is 9.54. The fraction of sp³-hybridized carbons (Fsp3) is 0.824. The van der Waals surface area contributed by atoms with Crippen molar-refractivity contribution < 1.29 is 28.0 Å². The Hall–Kier alpha value is -1.79. The summed E-state index contributed by atoms with van der Waals surface area (Å²) in [5, 5.41) is 2.13. The summed E-state index contributed by atoms with van der Waals surface area (Å²) in [6.45, 7) is 7.41. The van der Waals surface area contributed by atoms with Crippen molar-refractivity contribution >= 4 is 18.0 Å². The molecule has 1 saturated heterocycles. The first-order chi connectivity index (χ1) is 12.0. The normalized spacial score (nSPS) is 22.0. The molecule has 0 bridgehead atoms. The van der Waals surface area contributed by atoms with E-state index in [1.54, 1.807) is 41.5 Å². The molecule has 0 aliphatic carbocycles. The molecule has 1 aliphatic rings. The molecular formula is C17H30N2O5. The fourth-order valence-electron chi connectivity index (χ4n) is 2.30. The smallest absolute Gasteiger partial charge is 0.408 e. The van der Waals surface area contributed by atoms with Crippen LogP contribution in [-0.4, -0.2) is 52.7 Å². The lowest BCUT2D eigenvalue weighted by Gasteiger charge is -2.29. The number of carbonyl (C=O) groups is 3. The van der Waals surface area contributed by atoms with Gasteiger partial charge in [0.15, 0.2) is 0 Å². The van der Waals surface area contributed by atoms with Crippen LogP contribution in [0.3, 0.4) is 0 Å². The molecule has 1 N–H and O–H groups in total. The van der Waals surface area contributed by atoms with Crippen molar-refractivity contribution in [3.63, 3.8) is 0 Å². The average molecular weight is 345 g/mol. The molecule has 1 fully saturated rings. The van der Waals surface area contributed by atoms with Gasteiger partial charge in [-0.2, -0.15) is 0 Å². The molecule has 7 heteroatoms. The van der Waals surface area contributed by atoms with Crippen molar-refractivity contribution in [1.29, 1.82) is 0 Å². The molecule has 1 rings (SSSR count). The number of esters is 1. The van der Waals surface area contributed by atoms with Gasteiger partial charge in [-0.05, 0) is 61.2 Å². The van der Waals surface area contributed by atoms with E-state index in [1.165, 1.54) is 4.90 Å². The van der Waals surface area contributed by atoms with Crippen molar-refractivity contribution in [1.82, 2.24) is 10.2 Å². The molecule has 2 amide bonds. The lowest BCUT2D eigenvalue weighted by Crippen LogP contribution is -2.52. The standard InChI is InChI=1S/C17H30N2O5/c1-11(18-15(22)24-17(5,6)7)13(20)19-10-8-9-12(19)14(21)23-16(2,3)4/h11-12H,8-10H2,1-7H3,(H,18,22)/t11-,12-/m0/s1/i1D3. The van der Waals surface area contributed by atoms with Crippen LogP contribution in [0, 0.1) is 0 Å². The Morgan fingerprint density at radius 2 is 1.71 bits per heavy atom. The van der Waals surface area contributed by atoms with Gasteiger partial charge in [0.05, 0.1) is 0 Å². The van der Waals surface area contributed by atoms with Crippen LogP contribution in [0.4, 0.5) is 4.79 Å². The molecule has 0 aromatic carbocycles. The number of carbonyl (C=O) groups excluding carboxylic acids is 3. The topological polar surface area (TPSA) is 84.9 Å². The number of likely N-dealkylation sites (tertiary alicyclic amines) is 1. The molecule has 0 radical (unpaired) electrons. The Labute approximate surface area is 148 Å². The predicted octanol–water partition coefficient (Wildman–Crippen LogP) is 2.23. The van der Waals surface area contributed by atoms with Gasteiger partial charge in [0, 0.05) is 10.7 Å². The highest BCUT2D eigenvalue weighted by atomic mass is 16.6. The third kappa shape index (κ3) is 6.37. The highest BCUT2D eigenvalue weighted by molar-refractivity contribution is 5.90. The van der Waals surface area contributed by atoms with Crippen LogP contribution in [0.1, 0.15) is 65.3 Å². The second kappa shape index (κ2) is 7.40. The van der Waals surface area contributed by atoms with E-state index in [4.69, 9.17) is 13.6 Å². The largest absolute Gasteiger partial charge is 0.458 e. The number of rotatable bonds is 3. The lowest BCUT2D eigenvalue weighted by molar-refractivity contribution is -0.163. The number of hydrogen-bond acceptors (Lipinski definition) is 5. The van der Waals surface area contributed by atoms with Gasteiger partial charge in [0.25, 0.3) is 0 Å². The van der Waals surface area contributed by atoms with Gasteiger partial charge in [-0.15, -0.1) is 0 Å². The van der Waals surface area contributed by atoms with E-state index in [1.807, 2.05) is 0 Å². The number of ether oxygens (including phenoxy) is 2. The van der Waals surface area contributed by atoms with Gasteiger partial charge in [-0.25, -0.2) is 9.59 Å². The van der Waals surface area contributed by atoms with E-state index < -0.39 is 48.1 Å². The molecule has 0 saturated carbocycles. The number of hydrogen-bond donors (Lipinski definition) is 1. The Bertz CT molecular complexity index is 579. The van der Waals surface area contributed by atoms with Crippen molar-refractivity contribution in [3.05, 3.63) is 0 Å². The maximum absolute atomic E-state index is 12.9. The van der Waals surface area contributed by atoms with Gasteiger partial charge in [0.1, 0.15) is 23.3 Å². The Morgan fingerprint density at radius 3 is 2.21 bits per heavy atom. The second-order valence-electron chi connectivity index (χ2n) is 7.80. The predicted molar refractivity (Wildman–Crippen MR) is 89.4 cm³/mol. The van der Waals surface area contributed by atoms with Crippen molar-refractivity contribution in [2.24, 2.45) is 0 Å². The second-order valence-corrected chi connectivity index (χ2v) is 7.80. The summed E-state index contributed by atoms with van der Waals surface area (Å²) in [7, 11) is 0. The molecule has 0 spiro atoms. The van der Waals surface area contributed by atoms with Crippen LogP contribution in [0.2, 0.25) is 0 Å². The zero-order chi connectivity index (χ0) is 21.2. The van der Waals surface area contributed by atoms with Crippen molar-refractivity contribution in [2.75, 3.05) is 6.54 Å². The highest BCUT2D eigenvalue weighted by Crippen LogP contribution is 2.22. The minimum absolute atomic E-state index is 0.214. The van der Waals surface area contributed by atoms with Crippen molar-refractivity contribution in [3.8, 4) is 0 Å². The zero-order valence-corrected chi connectivity index (χ0v) is 15.3. The molecule has 1 heterocycles. The van der Waals surface area contributed by atoms with Gasteiger partial charge >= 0.3 is 12.1 Å². The van der Waals surface area contributed by atoms with E-state index in [0.717, 1.165) is 0 Å². The summed E-state index contributed by atoms with van der Waals surface area (Å²) in [4.78, 5) is 38.4. The number of alkyl carbamates (subject to hydrolysis) is 1. The first kappa shape index (κ1) is 15.7. The van der Waals surface area contributed by atoms with Gasteiger partial charge in [-0.3, -0.25) is 4.79 Å². The number of nitrogens with zero attached hydrogens (tertiary/aromatic N) is 1. The summed E-state index contributed by atoms with van der Waals surface area (Å²) in [5.74, 6) is -1.44. The molecule has 2 atom stereocenters. The summed E-state index contributed by atoms with van der Waals surface area (Å²) in [6.07, 6.45) is -0.0960. The molecule has 1 aliphatic heterocycles. The zero-order valence-electron chi connectivity index (χ0n) is 18.3. The lowest BCUT2D eigenvalue weighted by atomic mass is 10.1. The first-order valence-corrected chi connectivity index (χ1v) is 8.04. The SMILES string of the molecule is [2H]C([2H])([2H])[C@H](NC(=O)OC(C)(C)C)C(=O)N1CCC[C@H]1C(=O)OC(C)(C)C. The molecule has 24 heavy (non-hydrogen) atoms. The molecule has 0 aromatic rings. The third-order valence-electron chi connectivity index (χ3n) is 3.12. The Morgan fingerprint density at radius 1 is 1.12 bits per heavy atom. The van der Waals surface area contributed by atoms with Crippen LogP contribution < -0.4 is 5.32 Å². The quantitative estimate of drug-likeness (QED) is 0.793. The molecule has 138 valence electrons. The Kier molecular flexibility index (Phi) is 4.85. The maximum atomic E-state index is 12.9. The minimum atomic E-state index is -2.80. The fourth-order valence-corrected chi connectivity index (χ4v) is 2.30. The summed E-state index contributed by atoms with van der Waals surface area (Å²) < 4.78 is 33.3. The van der Waals surface area contributed by atoms with Crippen LogP contribution in [-0.2, 0) is 19.1 Å². The minimum Gasteiger partial charge on any atom is -0.458 e. The molecule has 0 aromatic heterocycles. The van der Waals surface area contributed by atoms with Crippen LogP contribution in [0.25, 0.3) is 0 Å². The van der Waals surface area contributed by atoms with Gasteiger partial charge in [-0.1, -0.05) is 0 Å². The summed E-state index contributed by atoms with van der Waals surface area (Å²) >= 11 is 0. The van der Waals surface area contributed by atoms with Gasteiger partial charge < -0.3 is 19.7 Å². The van der Waals surface area contributed by atoms with E-state index >= 15 is 0 Å². The van der Waals surface area contributed by atoms with Gasteiger partial charge in [0.2, 0.25) is 5.91 Å². The van der Waals surface area contributed by atoms with E-state index in [2.05, 4.69) is 5.32 Å². The van der Waals surface area contributed by atoms with E-state index in [-0.39, 0.29) is 6.54 Å². The number of amides is 2. The molecular weight excluding hydrogens is 312 g/mol. The van der Waals surface area contributed by atoms with E-state index in [9.17, 15) is 14.4 Å². The summed E-state index contributed by atoms with van der Waals surface area (Å²) in [5.41, 5.74) is -1.58. The van der Waals surface area contributed by atoms with Crippen LogP contribution in [0.5, 0.6) is 0 Å². The molecule has 7 nitrogen and oxygen atoms in total. The Balaban J connectivity index is 2.97. The van der Waals surface area contributed by atoms with E-state index in [0.29, 0.717) is 12.8 Å². The average Bonchev–Trinajstić information content (AvgIpc) is 2.88. The monoisotopic (exact) mass is 345 g/mol. The summed E-state index contributed by atoms with van der Waals surface area (Å²) in [6, 6.07) is -2.68. The van der Waals surface area contributed by atoms with Crippen LogP contribution >= 0.6 is 0 Å². The molecule has 0 unspecified atom stereocenters. The third-order valence-corrected chi connectivity index (χ3v) is 3.12.